The van der Waals surface area contributed by atoms with E-state index in [0.717, 1.165) is 0 Å². The lowest BCUT2D eigenvalue weighted by atomic mass is 10.2. The minimum Gasteiger partial charge on any atom is -0.465 e. The van der Waals surface area contributed by atoms with Gasteiger partial charge in [0.25, 0.3) is 0 Å². The molecule has 1 atom stereocenters. The Bertz CT molecular complexity index is 262. The highest BCUT2D eigenvalue weighted by molar-refractivity contribution is 7.80. The number of methoxy groups -OCH3 is 1. The SMILES string of the molecule is CCOC(=O)C(CC)N(CCOC)CCC(N)=S. The average molecular weight is 276 g/mol. The van der Waals surface area contributed by atoms with Gasteiger partial charge in [-0.05, 0) is 13.3 Å². The number of esters is 1. The van der Waals surface area contributed by atoms with Gasteiger partial charge in [0.1, 0.15) is 6.04 Å². The highest BCUT2D eigenvalue weighted by Crippen LogP contribution is 2.08. The van der Waals surface area contributed by atoms with Crippen LogP contribution in [0.25, 0.3) is 0 Å². The zero-order valence-electron chi connectivity index (χ0n) is 11.5. The fourth-order valence-electron chi connectivity index (χ4n) is 1.70. The summed E-state index contributed by atoms with van der Waals surface area (Å²) < 4.78 is 10.1. The van der Waals surface area contributed by atoms with Crippen molar-refractivity contribution >= 4 is 23.2 Å². The molecule has 0 aliphatic carbocycles. The van der Waals surface area contributed by atoms with Gasteiger partial charge in [-0.2, -0.15) is 0 Å². The van der Waals surface area contributed by atoms with Crippen LogP contribution in [0.1, 0.15) is 26.7 Å². The molecule has 0 spiro atoms. The lowest BCUT2D eigenvalue weighted by molar-refractivity contribution is -0.149. The highest BCUT2D eigenvalue weighted by atomic mass is 32.1. The molecule has 0 fully saturated rings. The smallest absolute Gasteiger partial charge is 0.323 e. The van der Waals surface area contributed by atoms with Crippen LogP contribution in [0.5, 0.6) is 0 Å². The van der Waals surface area contributed by atoms with E-state index in [1.165, 1.54) is 0 Å². The van der Waals surface area contributed by atoms with Crippen molar-refractivity contribution in [2.75, 3.05) is 33.4 Å². The Morgan fingerprint density at radius 2 is 2.06 bits per heavy atom. The van der Waals surface area contributed by atoms with Gasteiger partial charge in [-0.25, -0.2) is 0 Å². The molecule has 0 aromatic heterocycles. The zero-order valence-corrected chi connectivity index (χ0v) is 12.3. The Morgan fingerprint density at radius 3 is 2.50 bits per heavy atom. The Hall–Kier alpha value is -0.720. The molecule has 106 valence electrons. The molecule has 0 rings (SSSR count). The summed E-state index contributed by atoms with van der Waals surface area (Å²) in [5, 5.41) is 0. The molecule has 1 unspecified atom stereocenters. The fraction of sp³-hybridized carbons (Fsp3) is 0.833. The van der Waals surface area contributed by atoms with E-state index in [-0.39, 0.29) is 12.0 Å². The second kappa shape index (κ2) is 10.2. The third-order valence-electron chi connectivity index (χ3n) is 2.61. The zero-order chi connectivity index (χ0) is 14.0. The van der Waals surface area contributed by atoms with Crippen LogP contribution in [0.2, 0.25) is 0 Å². The number of ether oxygens (including phenoxy) is 2. The van der Waals surface area contributed by atoms with Crippen molar-refractivity contribution in [2.24, 2.45) is 5.73 Å². The van der Waals surface area contributed by atoms with Gasteiger partial charge in [-0.1, -0.05) is 19.1 Å². The quantitative estimate of drug-likeness (QED) is 0.473. The number of carbonyl (C=O) groups excluding carboxylic acids is 1. The topological polar surface area (TPSA) is 64.8 Å². The van der Waals surface area contributed by atoms with Crippen LogP contribution in [0.4, 0.5) is 0 Å². The Labute approximate surface area is 115 Å². The summed E-state index contributed by atoms with van der Waals surface area (Å²) in [7, 11) is 1.64. The molecular weight excluding hydrogens is 252 g/mol. The minimum absolute atomic E-state index is 0.195. The molecule has 0 saturated heterocycles. The van der Waals surface area contributed by atoms with E-state index in [9.17, 15) is 4.79 Å². The second-order valence-corrected chi connectivity index (χ2v) is 4.45. The lowest BCUT2D eigenvalue weighted by Gasteiger charge is -2.29. The largest absolute Gasteiger partial charge is 0.465 e. The fourth-order valence-corrected chi connectivity index (χ4v) is 1.79. The first-order valence-corrected chi connectivity index (χ1v) is 6.65. The predicted molar refractivity (Wildman–Crippen MR) is 75.6 cm³/mol. The third kappa shape index (κ3) is 6.88. The van der Waals surface area contributed by atoms with Gasteiger partial charge < -0.3 is 15.2 Å². The van der Waals surface area contributed by atoms with Crippen molar-refractivity contribution in [3.63, 3.8) is 0 Å². The van der Waals surface area contributed by atoms with Crippen molar-refractivity contribution in [3.05, 3.63) is 0 Å². The maximum Gasteiger partial charge on any atom is 0.323 e. The van der Waals surface area contributed by atoms with E-state index < -0.39 is 0 Å². The van der Waals surface area contributed by atoms with E-state index in [4.69, 9.17) is 27.4 Å². The lowest BCUT2D eigenvalue weighted by Crippen LogP contribution is -2.44. The van der Waals surface area contributed by atoms with Crippen LogP contribution in [0.3, 0.4) is 0 Å². The molecule has 0 radical (unpaired) electrons. The predicted octanol–water partition coefficient (Wildman–Crippen LogP) is 0.953. The minimum atomic E-state index is -0.255. The third-order valence-corrected chi connectivity index (χ3v) is 2.82. The van der Waals surface area contributed by atoms with Gasteiger partial charge in [-0.3, -0.25) is 9.69 Å². The van der Waals surface area contributed by atoms with E-state index >= 15 is 0 Å². The summed E-state index contributed by atoms with van der Waals surface area (Å²) in [6.07, 6.45) is 1.29. The van der Waals surface area contributed by atoms with Crippen LogP contribution in [-0.2, 0) is 14.3 Å². The summed E-state index contributed by atoms with van der Waals surface area (Å²) in [4.78, 5) is 14.3. The maximum atomic E-state index is 11.9. The van der Waals surface area contributed by atoms with Gasteiger partial charge in [0, 0.05) is 26.6 Å². The first kappa shape index (κ1) is 17.3. The molecule has 0 aromatic rings. The van der Waals surface area contributed by atoms with Crippen LogP contribution in [-0.4, -0.2) is 55.3 Å². The van der Waals surface area contributed by atoms with Crippen molar-refractivity contribution in [1.82, 2.24) is 4.90 Å². The molecular formula is C12H24N2O3S. The summed E-state index contributed by atoms with van der Waals surface area (Å²) in [5.41, 5.74) is 5.50. The standard InChI is InChI=1S/C12H24N2O3S/c1-4-10(12(15)17-5-2)14(8-9-16-3)7-6-11(13)18/h10H,4-9H2,1-3H3,(H2,13,18). The van der Waals surface area contributed by atoms with Crippen LogP contribution in [0.15, 0.2) is 0 Å². The molecule has 6 heteroatoms. The number of hydrogen-bond acceptors (Lipinski definition) is 5. The van der Waals surface area contributed by atoms with E-state index in [2.05, 4.69) is 0 Å². The number of rotatable bonds is 10. The monoisotopic (exact) mass is 276 g/mol. The summed E-state index contributed by atoms with van der Waals surface area (Å²) >= 11 is 4.87. The summed E-state index contributed by atoms with van der Waals surface area (Å²) in [6.45, 7) is 6.03. The number of carbonyl (C=O) groups is 1. The van der Waals surface area contributed by atoms with Crippen LogP contribution >= 0.6 is 12.2 Å². The van der Waals surface area contributed by atoms with Gasteiger partial charge in [0.15, 0.2) is 0 Å². The molecule has 2 N–H and O–H groups in total. The normalized spacial score (nSPS) is 12.4. The number of thiocarbonyl (C=S) groups is 1. The first-order chi connectivity index (χ1) is 8.56. The number of nitrogens with zero attached hydrogens (tertiary/aromatic N) is 1. The molecule has 0 aromatic carbocycles. The molecule has 0 saturated carbocycles. The van der Waals surface area contributed by atoms with Crippen LogP contribution < -0.4 is 5.73 Å². The molecule has 0 aliphatic rings. The highest BCUT2D eigenvalue weighted by Gasteiger charge is 2.25. The van der Waals surface area contributed by atoms with Crippen LogP contribution in [0, 0.1) is 0 Å². The Morgan fingerprint density at radius 1 is 1.39 bits per heavy atom. The number of nitrogens with two attached hydrogens (primary N) is 1. The van der Waals surface area contributed by atoms with Gasteiger partial charge in [0.05, 0.1) is 18.2 Å². The molecule has 18 heavy (non-hydrogen) atoms. The molecule has 0 heterocycles. The molecule has 0 bridgehead atoms. The van der Waals surface area contributed by atoms with Crippen molar-refractivity contribution in [2.45, 2.75) is 32.7 Å². The van der Waals surface area contributed by atoms with E-state index in [1.807, 2.05) is 11.8 Å². The van der Waals surface area contributed by atoms with Crippen molar-refractivity contribution in [3.8, 4) is 0 Å². The molecule has 0 aliphatic heterocycles. The van der Waals surface area contributed by atoms with Gasteiger partial charge in [-0.15, -0.1) is 0 Å². The number of hydrogen-bond donors (Lipinski definition) is 1. The van der Waals surface area contributed by atoms with Gasteiger partial charge in [0.2, 0.25) is 0 Å². The average Bonchev–Trinajstić information content (AvgIpc) is 2.32. The molecule has 5 nitrogen and oxygen atoms in total. The Balaban J connectivity index is 4.54. The van der Waals surface area contributed by atoms with Crippen molar-refractivity contribution < 1.29 is 14.3 Å². The second-order valence-electron chi connectivity index (χ2n) is 3.92. The van der Waals surface area contributed by atoms with E-state index in [1.54, 1.807) is 14.0 Å². The summed E-state index contributed by atoms with van der Waals surface area (Å²) in [5.74, 6) is -0.195. The van der Waals surface area contributed by atoms with Gasteiger partial charge >= 0.3 is 5.97 Å². The van der Waals surface area contributed by atoms with E-state index in [0.29, 0.717) is 44.1 Å². The summed E-state index contributed by atoms with van der Waals surface area (Å²) in [6, 6.07) is -0.255. The van der Waals surface area contributed by atoms with Crippen molar-refractivity contribution in [1.29, 1.82) is 0 Å². The maximum absolute atomic E-state index is 11.9. The first-order valence-electron chi connectivity index (χ1n) is 6.24. The Kier molecular flexibility index (Phi) is 9.82. The molecule has 0 amide bonds.